The lowest BCUT2D eigenvalue weighted by molar-refractivity contribution is 0.272. The number of hydrogen-bond acceptors (Lipinski definition) is 7. The van der Waals surface area contributed by atoms with Crippen LogP contribution in [0.3, 0.4) is 0 Å². The quantitative estimate of drug-likeness (QED) is 0.443. The molecular formula is C22H23N5S2. The number of likely N-dealkylation sites (tertiary alicyclic amines) is 1. The third kappa shape index (κ3) is 3.82. The highest BCUT2D eigenvalue weighted by atomic mass is 32.1. The van der Waals surface area contributed by atoms with Gasteiger partial charge in [0.25, 0.3) is 0 Å². The molecule has 3 aromatic heterocycles. The molecule has 0 bridgehead atoms. The predicted octanol–water partition coefficient (Wildman–Crippen LogP) is 5.21. The van der Waals surface area contributed by atoms with E-state index >= 15 is 0 Å². The molecule has 0 amide bonds. The normalized spacial score (nSPS) is 17.4. The maximum Gasteiger partial charge on any atom is 0.137 e. The van der Waals surface area contributed by atoms with Crippen LogP contribution in [0.15, 0.2) is 35.7 Å². The minimum atomic E-state index is 0.729. The van der Waals surface area contributed by atoms with Gasteiger partial charge in [-0.05, 0) is 74.9 Å². The first kappa shape index (κ1) is 18.8. The second-order valence-corrected chi connectivity index (χ2v) is 9.34. The van der Waals surface area contributed by atoms with E-state index in [2.05, 4.69) is 57.1 Å². The molecule has 0 aliphatic carbocycles. The van der Waals surface area contributed by atoms with Crippen molar-refractivity contribution in [3.63, 3.8) is 0 Å². The van der Waals surface area contributed by atoms with Crippen LogP contribution in [-0.2, 0) is 6.42 Å². The molecule has 5 nitrogen and oxygen atoms in total. The molecule has 1 aliphatic heterocycles. The zero-order chi connectivity index (χ0) is 19.8. The molecular weight excluding hydrogens is 398 g/mol. The van der Waals surface area contributed by atoms with Gasteiger partial charge in [-0.2, -0.15) is 0 Å². The van der Waals surface area contributed by atoms with E-state index in [-0.39, 0.29) is 0 Å². The molecule has 0 N–H and O–H groups in total. The lowest BCUT2D eigenvalue weighted by atomic mass is 10.1. The highest BCUT2D eigenvalue weighted by molar-refractivity contribution is 7.18. The van der Waals surface area contributed by atoms with Crippen molar-refractivity contribution in [3.8, 4) is 21.3 Å². The Bertz CT molecular complexity index is 1150. The summed E-state index contributed by atoms with van der Waals surface area (Å²) in [5, 5.41) is 8.30. The average molecular weight is 422 g/mol. The Morgan fingerprint density at radius 3 is 2.86 bits per heavy atom. The Hall–Kier alpha value is -2.22. The van der Waals surface area contributed by atoms with Gasteiger partial charge in [0.2, 0.25) is 0 Å². The lowest BCUT2D eigenvalue weighted by Gasteiger charge is -2.20. The first-order valence-electron chi connectivity index (χ1n) is 10.1. The molecule has 1 aromatic carbocycles. The molecule has 0 unspecified atom stereocenters. The van der Waals surface area contributed by atoms with Gasteiger partial charge in [-0.15, -0.1) is 16.4 Å². The third-order valence-corrected chi connectivity index (χ3v) is 7.57. The molecule has 0 radical (unpaired) electrons. The summed E-state index contributed by atoms with van der Waals surface area (Å²) in [6.45, 7) is 6.70. The number of nitrogens with zero attached hydrogens (tertiary/aromatic N) is 5. The van der Waals surface area contributed by atoms with Gasteiger partial charge in [0.1, 0.15) is 15.6 Å². The fraction of sp³-hybridized carbons (Fsp3) is 0.364. The Morgan fingerprint density at radius 2 is 2.07 bits per heavy atom. The Morgan fingerprint density at radius 1 is 1.14 bits per heavy atom. The lowest BCUT2D eigenvalue weighted by Crippen LogP contribution is -2.28. The fourth-order valence-electron chi connectivity index (χ4n) is 3.99. The highest BCUT2D eigenvalue weighted by Gasteiger charge is 2.19. The van der Waals surface area contributed by atoms with Crippen molar-refractivity contribution >= 4 is 33.8 Å². The molecule has 7 heteroatoms. The number of benzene rings is 1. The fourth-order valence-corrected chi connectivity index (χ4v) is 5.59. The third-order valence-electron chi connectivity index (χ3n) is 5.74. The van der Waals surface area contributed by atoms with E-state index in [4.69, 9.17) is 9.97 Å². The second kappa shape index (κ2) is 7.89. The predicted molar refractivity (Wildman–Crippen MR) is 120 cm³/mol. The summed E-state index contributed by atoms with van der Waals surface area (Å²) >= 11 is 3.01. The molecule has 1 saturated heterocycles. The Labute approximate surface area is 178 Å². The number of fused-ring (bicyclic) bond motifs is 1. The first-order chi connectivity index (χ1) is 14.2. The van der Waals surface area contributed by atoms with Crippen molar-refractivity contribution in [1.82, 2.24) is 24.5 Å². The highest BCUT2D eigenvalue weighted by Crippen LogP contribution is 2.32. The van der Waals surface area contributed by atoms with Crippen LogP contribution in [0.2, 0.25) is 0 Å². The van der Waals surface area contributed by atoms with Gasteiger partial charge in [-0.25, -0.2) is 9.97 Å². The molecule has 5 rings (SSSR count). The molecule has 4 heterocycles. The van der Waals surface area contributed by atoms with Crippen molar-refractivity contribution in [2.24, 2.45) is 0 Å². The number of hydrogen-bond donors (Lipinski definition) is 0. The molecule has 29 heavy (non-hydrogen) atoms. The van der Waals surface area contributed by atoms with E-state index in [0.717, 1.165) is 51.5 Å². The number of aryl methyl sites for hydroxylation is 1. The average Bonchev–Trinajstić information content (AvgIpc) is 3.47. The standard InChI is InChI=1S/C22H23N5S2/c1-14-4-3-10-27(14)11-9-16-5-7-18-17(12-16)6-8-19(23-18)20-13-28-22(24-20)21-15(2)25-26-29-21/h5-8,12-14H,3-4,9-11H2,1-2H3/t14-/m1/s1. The Balaban J connectivity index is 1.36. The monoisotopic (exact) mass is 421 g/mol. The summed E-state index contributed by atoms with van der Waals surface area (Å²) in [4.78, 5) is 13.3. The minimum absolute atomic E-state index is 0.729. The van der Waals surface area contributed by atoms with Crippen molar-refractivity contribution in [3.05, 3.63) is 47.0 Å². The number of aromatic nitrogens is 4. The van der Waals surface area contributed by atoms with Crippen LogP contribution in [-0.4, -0.2) is 43.6 Å². The van der Waals surface area contributed by atoms with Crippen LogP contribution >= 0.6 is 22.9 Å². The number of thiazole rings is 1. The van der Waals surface area contributed by atoms with Gasteiger partial charge in [0.05, 0.1) is 16.9 Å². The van der Waals surface area contributed by atoms with Crippen LogP contribution in [0.1, 0.15) is 31.0 Å². The van der Waals surface area contributed by atoms with Crippen LogP contribution in [0, 0.1) is 6.92 Å². The van der Waals surface area contributed by atoms with Crippen LogP contribution in [0.4, 0.5) is 0 Å². The van der Waals surface area contributed by atoms with E-state index in [1.807, 2.05) is 6.92 Å². The molecule has 0 saturated carbocycles. The molecule has 1 fully saturated rings. The van der Waals surface area contributed by atoms with E-state index in [9.17, 15) is 0 Å². The Kier molecular flexibility index (Phi) is 5.11. The molecule has 0 spiro atoms. The van der Waals surface area contributed by atoms with Gasteiger partial charge in [-0.1, -0.05) is 16.6 Å². The van der Waals surface area contributed by atoms with Crippen molar-refractivity contribution in [2.75, 3.05) is 13.1 Å². The van der Waals surface area contributed by atoms with E-state index < -0.39 is 0 Å². The van der Waals surface area contributed by atoms with Gasteiger partial charge in [-0.3, -0.25) is 0 Å². The summed E-state index contributed by atoms with van der Waals surface area (Å²) in [6.07, 6.45) is 3.77. The zero-order valence-corrected chi connectivity index (χ0v) is 18.3. The van der Waals surface area contributed by atoms with Gasteiger partial charge < -0.3 is 4.90 Å². The van der Waals surface area contributed by atoms with Crippen molar-refractivity contribution < 1.29 is 0 Å². The summed E-state index contributed by atoms with van der Waals surface area (Å²) in [7, 11) is 0. The maximum atomic E-state index is 4.86. The maximum absolute atomic E-state index is 4.86. The van der Waals surface area contributed by atoms with Crippen LogP contribution in [0.25, 0.3) is 32.2 Å². The van der Waals surface area contributed by atoms with Crippen LogP contribution in [0.5, 0.6) is 0 Å². The molecule has 1 aliphatic rings. The van der Waals surface area contributed by atoms with E-state index in [1.54, 1.807) is 11.3 Å². The first-order valence-corrected chi connectivity index (χ1v) is 11.7. The number of pyridine rings is 1. The van der Waals surface area contributed by atoms with Crippen molar-refractivity contribution in [1.29, 1.82) is 0 Å². The van der Waals surface area contributed by atoms with E-state index in [1.165, 1.54) is 41.9 Å². The van der Waals surface area contributed by atoms with Crippen molar-refractivity contribution in [2.45, 2.75) is 39.2 Å². The largest absolute Gasteiger partial charge is 0.300 e. The smallest absolute Gasteiger partial charge is 0.137 e. The van der Waals surface area contributed by atoms with E-state index in [0.29, 0.717) is 0 Å². The summed E-state index contributed by atoms with van der Waals surface area (Å²) in [5.74, 6) is 0. The van der Waals surface area contributed by atoms with Gasteiger partial charge >= 0.3 is 0 Å². The second-order valence-electron chi connectivity index (χ2n) is 7.73. The molecule has 148 valence electrons. The molecule has 1 atom stereocenters. The van der Waals surface area contributed by atoms with Gasteiger partial charge in [0, 0.05) is 23.4 Å². The summed E-state index contributed by atoms with van der Waals surface area (Å²) in [6, 6.07) is 11.6. The summed E-state index contributed by atoms with van der Waals surface area (Å²) < 4.78 is 4.01. The zero-order valence-electron chi connectivity index (χ0n) is 16.6. The minimum Gasteiger partial charge on any atom is -0.300 e. The van der Waals surface area contributed by atoms with Gasteiger partial charge in [0.15, 0.2) is 0 Å². The number of rotatable bonds is 5. The summed E-state index contributed by atoms with van der Waals surface area (Å²) in [5.41, 5.74) is 5.15. The topological polar surface area (TPSA) is 54.8 Å². The molecule has 4 aromatic rings. The van der Waals surface area contributed by atoms with Crippen LogP contribution < -0.4 is 0 Å². The SMILES string of the molecule is Cc1nnsc1-c1nc(-c2ccc3cc(CCN4CCC[C@H]4C)ccc3n2)cs1.